The Morgan fingerprint density at radius 2 is 2.32 bits per heavy atom. The van der Waals surface area contributed by atoms with E-state index in [-0.39, 0.29) is 11.8 Å². The monoisotopic (exact) mass is 313 g/mol. The van der Waals surface area contributed by atoms with E-state index >= 15 is 0 Å². The third-order valence-corrected chi connectivity index (χ3v) is 5.84. The lowest BCUT2D eigenvalue weighted by Gasteiger charge is -2.15. The van der Waals surface area contributed by atoms with Crippen LogP contribution < -0.4 is 0 Å². The lowest BCUT2D eigenvalue weighted by Crippen LogP contribution is -2.28. The first-order chi connectivity index (χ1) is 10.7. The quantitative estimate of drug-likeness (QED) is 0.856. The predicted molar refractivity (Wildman–Crippen MR) is 86.4 cm³/mol. The molecule has 1 saturated heterocycles. The van der Waals surface area contributed by atoms with Crippen LogP contribution >= 0.6 is 11.3 Å². The Labute approximate surface area is 134 Å². The number of rotatable bonds is 2. The molecule has 0 N–H and O–H groups in total. The summed E-state index contributed by atoms with van der Waals surface area (Å²) in [6.07, 6.45) is 6.30. The fraction of sp³-hybridized carbons (Fsp3) is 0.471. The molecule has 2 aliphatic rings. The second-order valence-corrected chi connectivity index (χ2v) is 7.34. The first-order valence-corrected chi connectivity index (χ1v) is 8.73. The van der Waals surface area contributed by atoms with Gasteiger partial charge in [0.05, 0.1) is 4.88 Å². The SMILES string of the molecule is Cc1ccnc([C@@H]2CCN(C(=O)c3cc4c(s3)CCC4)C2)n1. The average molecular weight is 313 g/mol. The number of nitrogens with zero attached hydrogens (tertiary/aromatic N) is 3. The van der Waals surface area contributed by atoms with E-state index in [1.165, 1.54) is 16.9 Å². The zero-order valence-electron chi connectivity index (χ0n) is 12.7. The first kappa shape index (κ1) is 13.9. The van der Waals surface area contributed by atoms with E-state index in [0.29, 0.717) is 0 Å². The van der Waals surface area contributed by atoms with Crippen LogP contribution in [-0.4, -0.2) is 33.9 Å². The minimum Gasteiger partial charge on any atom is -0.337 e. The molecule has 1 aliphatic carbocycles. The van der Waals surface area contributed by atoms with Crippen LogP contribution in [0.1, 0.15) is 50.4 Å². The maximum absolute atomic E-state index is 12.7. The number of fused-ring (bicyclic) bond motifs is 1. The van der Waals surface area contributed by atoms with Crippen molar-refractivity contribution in [3.05, 3.63) is 45.2 Å². The molecule has 1 fully saturated rings. The maximum Gasteiger partial charge on any atom is 0.263 e. The Bertz CT molecular complexity index is 703. The lowest BCUT2D eigenvalue weighted by molar-refractivity contribution is 0.0795. The second kappa shape index (κ2) is 5.47. The molecule has 0 spiro atoms. The van der Waals surface area contributed by atoms with Gasteiger partial charge in [-0.2, -0.15) is 0 Å². The van der Waals surface area contributed by atoms with Gasteiger partial charge in [-0.3, -0.25) is 4.79 Å². The van der Waals surface area contributed by atoms with Crippen molar-refractivity contribution in [2.75, 3.05) is 13.1 Å². The number of hydrogen-bond acceptors (Lipinski definition) is 4. The molecule has 0 radical (unpaired) electrons. The Hall–Kier alpha value is -1.75. The van der Waals surface area contributed by atoms with Crippen LogP contribution in [0.4, 0.5) is 0 Å². The predicted octanol–water partition coefficient (Wildman–Crippen LogP) is 2.96. The molecule has 3 heterocycles. The van der Waals surface area contributed by atoms with E-state index in [1.807, 2.05) is 24.1 Å². The van der Waals surface area contributed by atoms with Gasteiger partial charge in [0.15, 0.2) is 0 Å². The fourth-order valence-electron chi connectivity index (χ4n) is 3.41. The molecule has 0 bridgehead atoms. The minimum atomic E-state index is 0.189. The van der Waals surface area contributed by atoms with Crippen molar-refractivity contribution in [3.63, 3.8) is 0 Å². The summed E-state index contributed by atoms with van der Waals surface area (Å²) in [6.45, 7) is 3.53. The fourth-order valence-corrected chi connectivity index (χ4v) is 4.63. The smallest absolute Gasteiger partial charge is 0.263 e. The molecule has 4 rings (SSSR count). The zero-order valence-corrected chi connectivity index (χ0v) is 13.5. The van der Waals surface area contributed by atoms with E-state index in [2.05, 4.69) is 16.0 Å². The number of carbonyl (C=O) groups excluding carboxylic acids is 1. The van der Waals surface area contributed by atoms with Crippen molar-refractivity contribution in [2.45, 2.75) is 38.5 Å². The van der Waals surface area contributed by atoms with Crippen molar-refractivity contribution >= 4 is 17.2 Å². The Kier molecular flexibility index (Phi) is 3.45. The molecule has 1 atom stereocenters. The van der Waals surface area contributed by atoms with Crippen molar-refractivity contribution in [1.29, 1.82) is 0 Å². The number of likely N-dealkylation sites (tertiary alicyclic amines) is 1. The van der Waals surface area contributed by atoms with E-state index in [0.717, 1.165) is 48.7 Å². The van der Waals surface area contributed by atoms with Gasteiger partial charge < -0.3 is 4.90 Å². The first-order valence-electron chi connectivity index (χ1n) is 7.91. The third kappa shape index (κ3) is 2.43. The number of amides is 1. The molecular formula is C17H19N3OS. The number of hydrogen-bond donors (Lipinski definition) is 0. The summed E-state index contributed by atoms with van der Waals surface area (Å²) in [5.41, 5.74) is 2.38. The van der Waals surface area contributed by atoms with Gasteiger partial charge in [-0.1, -0.05) is 0 Å². The van der Waals surface area contributed by atoms with Crippen LogP contribution in [0.5, 0.6) is 0 Å². The minimum absolute atomic E-state index is 0.189. The Morgan fingerprint density at radius 1 is 1.41 bits per heavy atom. The number of aromatic nitrogens is 2. The summed E-state index contributed by atoms with van der Waals surface area (Å²) < 4.78 is 0. The molecule has 1 amide bonds. The molecule has 114 valence electrons. The summed E-state index contributed by atoms with van der Waals surface area (Å²) in [5, 5.41) is 0. The summed E-state index contributed by atoms with van der Waals surface area (Å²) in [6, 6.07) is 4.03. The highest BCUT2D eigenvalue weighted by Gasteiger charge is 2.31. The van der Waals surface area contributed by atoms with E-state index in [1.54, 1.807) is 11.3 Å². The standard InChI is InChI=1S/C17H19N3OS/c1-11-5-7-18-16(19-11)13-6-8-20(10-13)17(21)15-9-12-3-2-4-14(12)22-15/h5,7,9,13H,2-4,6,8,10H2,1H3/t13-/m1/s1. The largest absolute Gasteiger partial charge is 0.337 e. The molecule has 4 nitrogen and oxygen atoms in total. The van der Waals surface area contributed by atoms with Crippen LogP contribution in [0.25, 0.3) is 0 Å². The highest BCUT2D eigenvalue weighted by atomic mass is 32.1. The second-order valence-electron chi connectivity index (χ2n) is 6.21. The topological polar surface area (TPSA) is 46.1 Å². The summed E-state index contributed by atoms with van der Waals surface area (Å²) in [4.78, 5) is 25.9. The molecule has 5 heteroatoms. The van der Waals surface area contributed by atoms with Crippen molar-refractivity contribution < 1.29 is 4.79 Å². The molecule has 2 aromatic rings. The number of carbonyl (C=O) groups is 1. The third-order valence-electron chi connectivity index (χ3n) is 4.61. The zero-order chi connectivity index (χ0) is 15.1. The average Bonchev–Trinajstić information content (AvgIpc) is 3.22. The highest BCUT2D eigenvalue weighted by molar-refractivity contribution is 7.14. The lowest BCUT2D eigenvalue weighted by atomic mass is 10.1. The summed E-state index contributed by atoms with van der Waals surface area (Å²) in [7, 11) is 0. The molecule has 0 aromatic carbocycles. The maximum atomic E-state index is 12.7. The van der Waals surface area contributed by atoms with Gasteiger partial charge in [-0.15, -0.1) is 11.3 Å². The van der Waals surface area contributed by atoms with Gasteiger partial charge in [-0.25, -0.2) is 9.97 Å². The van der Waals surface area contributed by atoms with Gasteiger partial charge in [0.2, 0.25) is 0 Å². The number of aryl methyl sites for hydroxylation is 3. The molecule has 22 heavy (non-hydrogen) atoms. The highest BCUT2D eigenvalue weighted by Crippen LogP contribution is 2.33. The summed E-state index contributed by atoms with van der Waals surface area (Å²) in [5.74, 6) is 1.34. The van der Waals surface area contributed by atoms with Crippen LogP contribution in [0, 0.1) is 6.92 Å². The van der Waals surface area contributed by atoms with Gasteiger partial charge in [0.1, 0.15) is 5.82 Å². The van der Waals surface area contributed by atoms with Crippen LogP contribution in [0.3, 0.4) is 0 Å². The van der Waals surface area contributed by atoms with Crippen LogP contribution in [0.2, 0.25) is 0 Å². The number of thiophene rings is 1. The molecule has 1 aliphatic heterocycles. The van der Waals surface area contributed by atoms with Crippen LogP contribution in [0.15, 0.2) is 18.3 Å². The van der Waals surface area contributed by atoms with Gasteiger partial charge in [-0.05, 0) is 50.3 Å². The molecule has 0 unspecified atom stereocenters. The summed E-state index contributed by atoms with van der Waals surface area (Å²) >= 11 is 1.69. The van der Waals surface area contributed by atoms with Gasteiger partial charge >= 0.3 is 0 Å². The normalized spacial score (nSPS) is 20.4. The molecular weight excluding hydrogens is 294 g/mol. The molecule has 0 saturated carbocycles. The van der Waals surface area contributed by atoms with Gasteiger partial charge in [0, 0.05) is 35.8 Å². The van der Waals surface area contributed by atoms with Gasteiger partial charge in [0.25, 0.3) is 5.91 Å². The van der Waals surface area contributed by atoms with E-state index < -0.39 is 0 Å². The van der Waals surface area contributed by atoms with Crippen LogP contribution in [-0.2, 0) is 12.8 Å². The molecule has 2 aromatic heterocycles. The van der Waals surface area contributed by atoms with Crippen molar-refractivity contribution in [1.82, 2.24) is 14.9 Å². The van der Waals surface area contributed by atoms with E-state index in [4.69, 9.17) is 0 Å². The van der Waals surface area contributed by atoms with E-state index in [9.17, 15) is 4.79 Å². The Balaban J connectivity index is 1.49. The Morgan fingerprint density at radius 3 is 3.14 bits per heavy atom. The van der Waals surface area contributed by atoms with Crippen molar-refractivity contribution in [3.8, 4) is 0 Å². The van der Waals surface area contributed by atoms with Crippen molar-refractivity contribution in [2.24, 2.45) is 0 Å².